The first-order valence-electron chi connectivity index (χ1n) is 7.63. The number of nitrogens with one attached hydrogen (secondary N) is 1. The van der Waals surface area contributed by atoms with Crippen LogP contribution in [0.1, 0.15) is 20.4 Å². The summed E-state index contributed by atoms with van der Waals surface area (Å²) in [7, 11) is 0. The van der Waals surface area contributed by atoms with Crippen molar-refractivity contribution in [2.45, 2.75) is 13.2 Å². The lowest BCUT2D eigenvalue weighted by molar-refractivity contribution is -0.384. The highest BCUT2D eigenvalue weighted by Gasteiger charge is 2.13. The van der Waals surface area contributed by atoms with Crippen molar-refractivity contribution in [2.24, 2.45) is 0 Å². The van der Waals surface area contributed by atoms with Crippen LogP contribution in [-0.4, -0.2) is 21.0 Å². The predicted molar refractivity (Wildman–Crippen MR) is 94.9 cm³/mol. The van der Waals surface area contributed by atoms with E-state index in [9.17, 15) is 14.9 Å². The number of hydrogen-bond donors (Lipinski definition) is 1. The van der Waals surface area contributed by atoms with Crippen LogP contribution >= 0.6 is 11.3 Å². The number of nitro groups is 1. The minimum Gasteiger partial charge on any atom is -0.486 e. The minimum atomic E-state index is -0.477. The van der Waals surface area contributed by atoms with Crippen LogP contribution in [-0.2, 0) is 13.2 Å². The maximum absolute atomic E-state index is 12.1. The summed E-state index contributed by atoms with van der Waals surface area (Å²) in [6.45, 7) is 0.537. The Kier molecular flexibility index (Phi) is 5.49. The maximum Gasteiger partial charge on any atom is 0.282 e. The first kappa shape index (κ1) is 17.5. The van der Waals surface area contributed by atoms with E-state index in [1.54, 1.807) is 0 Å². The van der Waals surface area contributed by atoms with Gasteiger partial charge in [-0.15, -0.1) is 10.2 Å². The van der Waals surface area contributed by atoms with Crippen molar-refractivity contribution in [3.05, 3.63) is 80.3 Å². The number of amides is 1. The van der Waals surface area contributed by atoms with E-state index < -0.39 is 4.92 Å². The van der Waals surface area contributed by atoms with Gasteiger partial charge in [-0.3, -0.25) is 14.9 Å². The van der Waals surface area contributed by atoms with Crippen LogP contribution in [0.2, 0.25) is 0 Å². The SMILES string of the molecule is O=C(NCc1ccccc1)c1nnc(COc2ccc([N+](=O)[O-])cc2)s1. The lowest BCUT2D eigenvalue weighted by Crippen LogP contribution is -2.22. The normalized spacial score (nSPS) is 10.3. The lowest BCUT2D eigenvalue weighted by atomic mass is 10.2. The highest BCUT2D eigenvalue weighted by molar-refractivity contribution is 7.13. The summed E-state index contributed by atoms with van der Waals surface area (Å²) in [6.07, 6.45) is 0. The number of carbonyl (C=O) groups excluding carboxylic acids is 1. The van der Waals surface area contributed by atoms with Gasteiger partial charge in [0, 0.05) is 18.7 Å². The third kappa shape index (κ3) is 4.61. The van der Waals surface area contributed by atoms with Gasteiger partial charge >= 0.3 is 0 Å². The van der Waals surface area contributed by atoms with Crippen molar-refractivity contribution < 1.29 is 14.5 Å². The van der Waals surface area contributed by atoms with Crippen LogP contribution in [0, 0.1) is 10.1 Å². The fourth-order valence-corrected chi connectivity index (χ4v) is 2.74. The Labute approximate surface area is 152 Å². The molecule has 1 amide bonds. The average molecular weight is 370 g/mol. The molecule has 0 aliphatic heterocycles. The standard InChI is InChI=1S/C17H14N4O4S/c22-16(18-10-12-4-2-1-3-5-12)17-20-19-15(26-17)11-25-14-8-6-13(7-9-14)21(23)24/h1-9H,10-11H2,(H,18,22). The fraction of sp³-hybridized carbons (Fsp3) is 0.118. The molecule has 1 heterocycles. The molecule has 0 fully saturated rings. The molecule has 3 aromatic rings. The zero-order valence-electron chi connectivity index (χ0n) is 13.5. The van der Waals surface area contributed by atoms with Gasteiger partial charge in [-0.1, -0.05) is 41.7 Å². The lowest BCUT2D eigenvalue weighted by Gasteiger charge is -2.03. The number of nitrogens with zero attached hydrogens (tertiary/aromatic N) is 3. The van der Waals surface area contributed by atoms with E-state index in [4.69, 9.17) is 4.74 Å². The summed E-state index contributed by atoms with van der Waals surface area (Å²) in [4.78, 5) is 22.2. The molecule has 0 aliphatic rings. The first-order chi connectivity index (χ1) is 12.6. The van der Waals surface area contributed by atoms with Gasteiger partial charge in [-0.2, -0.15) is 0 Å². The molecule has 1 aromatic heterocycles. The molecular weight excluding hydrogens is 356 g/mol. The molecule has 2 aromatic carbocycles. The summed E-state index contributed by atoms with van der Waals surface area (Å²) >= 11 is 1.14. The summed E-state index contributed by atoms with van der Waals surface area (Å²) in [5.74, 6) is 0.175. The Morgan fingerprint density at radius 2 is 1.85 bits per heavy atom. The second-order valence-electron chi connectivity index (χ2n) is 5.21. The van der Waals surface area contributed by atoms with E-state index in [1.165, 1.54) is 24.3 Å². The van der Waals surface area contributed by atoms with Gasteiger partial charge in [0.15, 0.2) is 5.01 Å². The number of aromatic nitrogens is 2. The monoisotopic (exact) mass is 370 g/mol. The van der Waals surface area contributed by atoms with Crippen LogP contribution < -0.4 is 10.1 Å². The molecule has 0 spiro atoms. The van der Waals surface area contributed by atoms with E-state index in [2.05, 4.69) is 15.5 Å². The van der Waals surface area contributed by atoms with Gasteiger partial charge in [-0.25, -0.2) is 0 Å². The maximum atomic E-state index is 12.1. The highest BCUT2D eigenvalue weighted by atomic mass is 32.1. The summed E-state index contributed by atoms with van der Waals surface area (Å²) in [5, 5.41) is 22.0. The second kappa shape index (κ2) is 8.17. The number of rotatable bonds is 7. The van der Waals surface area contributed by atoms with Crippen molar-refractivity contribution in [1.29, 1.82) is 0 Å². The summed E-state index contributed by atoms with van der Waals surface area (Å²) < 4.78 is 5.50. The molecule has 0 radical (unpaired) electrons. The third-order valence-corrected chi connectivity index (χ3v) is 4.26. The molecule has 132 valence electrons. The number of ether oxygens (including phenoxy) is 1. The molecule has 0 saturated carbocycles. The number of carbonyl (C=O) groups is 1. The Bertz CT molecular complexity index is 897. The Morgan fingerprint density at radius 3 is 2.54 bits per heavy atom. The molecule has 0 bridgehead atoms. The van der Waals surface area contributed by atoms with Crippen LogP contribution in [0.3, 0.4) is 0 Å². The average Bonchev–Trinajstić information content (AvgIpc) is 3.15. The van der Waals surface area contributed by atoms with Crippen LogP contribution in [0.15, 0.2) is 54.6 Å². The smallest absolute Gasteiger partial charge is 0.282 e. The van der Waals surface area contributed by atoms with Crippen molar-refractivity contribution in [3.63, 3.8) is 0 Å². The van der Waals surface area contributed by atoms with Crippen molar-refractivity contribution in [2.75, 3.05) is 0 Å². The van der Waals surface area contributed by atoms with Crippen molar-refractivity contribution >= 4 is 22.9 Å². The van der Waals surface area contributed by atoms with Gasteiger partial charge in [0.05, 0.1) is 4.92 Å². The summed E-state index contributed by atoms with van der Waals surface area (Å²) in [6, 6.07) is 15.3. The zero-order chi connectivity index (χ0) is 18.4. The largest absolute Gasteiger partial charge is 0.486 e. The molecule has 0 unspecified atom stereocenters. The van der Waals surface area contributed by atoms with Crippen molar-refractivity contribution in [3.8, 4) is 5.75 Å². The van der Waals surface area contributed by atoms with E-state index in [1.807, 2.05) is 30.3 Å². The number of non-ortho nitro benzene ring substituents is 1. The molecule has 0 aliphatic carbocycles. The minimum absolute atomic E-state index is 0.00867. The zero-order valence-corrected chi connectivity index (χ0v) is 14.3. The molecule has 9 heteroatoms. The Balaban J connectivity index is 1.52. The molecule has 0 saturated heterocycles. The molecule has 0 atom stereocenters. The van der Waals surface area contributed by atoms with Gasteiger partial charge < -0.3 is 10.1 Å². The van der Waals surface area contributed by atoms with Gasteiger partial charge in [0.2, 0.25) is 5.01 Å². The molecule has 26 heavy (non-hydrogen) atoms. The molecular formula is C17H14N4O4S. The van der Waals surface area contributed by atoms with E-state index in [0.717, 1.165) is 16.9 Å². The molecule has 1 N–H and O–H groups in total. The van der Waals surface area contributed by atoms with E-state index >= 15 is 0 Å². The summed E-state index contributed by atoms with van der Waals surface area (Å²) in [5.41, 5.74) is 0.984. The number of hydrogen-bond acceptors (Lipinski definition) is 7. The van der Waals surface area contributed by atoms with Gasteiger partial charge in [0.1, 0.15) is 12.4 Å². The van der Waals surface area contributed by atoms with E-state index in [-0.39, 0.29) is 23.2 Å². The fourth-order valence-electron chi connectivity index (χ4n) is 2.07. The number of benzene rings is 2. The van der Waals surface area contributed by atoms with Crippen LogP contribution in [0.25, 0.3) is 0 Å². The van der Waals surface area contributed by atoms with Crippen LogP contribution in [0.4, 0.5) is 5.69 Å². The topological polar surface area (TPSA) is 107 Å². The van der Waals surface area contributed by atoms with Gasteiger partial charge in [-0.05, 0) is 17.7 Å². The van der Waals surface area contributed by atoms with E-state index in [0.29, 0.717) is 17.3 Å². The first-order valence-corrected chi connectivity index (χ1v) is 8.45. The highest BCUT2D eigenvalue weighted by Crippen LogP contribution is 2.19. The quantitative estimate of drug-likeness (QED) is 0.506. The van der Waals surface area contributed by atoms with Crippen molar-refractivity contribution in [1.82, 2.24) is 15.5 Å². The Hall–Kier alpha value is -3.33. The Morgan fingerprint density at radius 1 is 1.12 bits per heavy atom. The second-order valence-corrected chi connectivity index (χ2v) is 6.27. The predicted octanol–water partition coefficient (Wildman–Crippen LogP) is 2.96. The van der Waals surface area contributed by atoms with Gasteiger partial charge in [0.25, 0.3) is 11.6 Å². The third-order valence-electron chi connectivity index (χ3n) is 3.37. The number of nitro benzene ring substituents is 1. The van der Waals surface area contributed by atoms with Crippen LogP contribution in [0.5, 0.6) is 5.75 Å². The molecule has 3 rings (SSSR count). The molecule has 8 nitrogen and oxygen atoms in total.